The highest BCUT2D eigenvalue weighted by atomic mass is 32.2. The Kier molecular flexibility index (Phi) is 3.76. The summed E-state index contributed by atoms with van der Waals surface area (Å²) in [5.41, 5.74) is 5.20. The van der Waals surface area contributed by atoms with Gasteiger partial charge in [-0.05, 0) is 25.8 Å². The number of hydrogen-bond donors (Lipinski definition) is 1. The number of halogens is 1. The predicted octanol–water partition coefficient (Wildman–Crippen LogP) is 2.30. The molecule has 0 aromatic heterocycles. The summed E-state index contributed by atoms with van der Waals surface area (Å²) in [5, 5.41) is 0.435. The number of aliphatic imine (C=N–C) groups is 1. The summed E-state index contributed by atoms with van der Waals surface area (Å²) in [5.74, 6) is 0.615. The molecule has 3 rings (SSSR count). The van der Waals surface area contributed by atoms with Gasteiger partial charge in [-0.2, -0.15) is 0 Å². The van der Waals surface area contributed by atoms with Crippen LogP contribution in [0.25, 0.3) is 0 Å². The van der Waals surface area contributed by atoms with E-state index >= 15 is 0 Å². The Hall–Kier alpha value is -1.08. The molecule has 2 aliphatic rings. The van der Waals surface area contributed by atoms with Crippen LogP contribution in [0.5, 0.6) is 0 Å². The number of thioether (sulfide) groups is 1. The van der Waals surface area contributed by atoms with Crippen molar-refractivity contribution in [3.8, 4) is 0 Å². The van der Waals surface area contributed by atoms with Gasteiger partial charge in [0.1, 0.15) is 15.7 Å². The first-order chi connectivity index (χ1) is 10.3. The molecule has 1 fully saturated rings. The second-order valence-electron chi connectivity index (χ2n) is 6.22. The van der Waals surface area contributed by atoms with Crippen LogP contribution in [-0.4, -0.2) is 30.8 Å². The Morgan fingerprint density at radius 1 is 1.27 bits per heavy atom. The highest BCUT2D eigenvalue weighted by Crippen LogP contribution is 2.54. The van der Waals surface area contributed by atoms with Crippen molar-refractivity contribution < 1.29 is 12.8 Å². The molecule has 0 saturated carbocycles. The van der Waals surface area contributed by atoms with Gasteiger partial charge in [0.25, 0.3) is 0 Å². The average Bonchev–Trinajstić information content (AvgIpc) is 2.46. The van der Waals surface area contributed by atoms with Gasteiger partial charge < -0.3 is 5.73 Å². The van der Waals surface area contributed by atoms with Gasteiger partial charge in [-0.3, -0.25) is 4.99 Å². The maximum atomic E-state index is 14.4. The molecule has 1 spiro atoms. The lowest BCUT2D eigenvalue weighted by atomic mass is 9.64. The third-order valence-corrected chi connectivity index (χ3v) is 7.78. The largest absolute Gasteiger partial charge is 0.379 e. The summed E-state index contributed by atoms with van der Waals surface area (Å²) >= 11 is 1.44. The maximum Gasteiger partial charge on any atom is 0.154 e. The number of hydrogen-bond acceptors (Lipinski definition) is 5. The molecule has 1 saturated heterocycles. The zero-order valence-electron chi connectivity index (χ0n) is 12.4. The van der Waals surface area contributed by atoms with Crippen molar-refractivity contribution in [3.63, 3.8) is 0 Å². The molecular formula is C15H19FN2O2S2. The molecule has 0 unspecified atom stereocenters. The van der Waals surface area contributed by atoms with Crippen LogP contribution in [0, 0.1) is 11.2 Å². The second kappa shape index (κ2) is 5.23. The van der Waals surface area contributed by atoms with E-state index in [4.69, 9.17) is 5.73 Å². The Labute approximate surface area is 134 Å². The first kappa shape index (κ1) is 15.8. The van der Waals surface area contributed by atoms with Crippen LogP contribution < -0.4 is 5.73 Å². The van der Waals surface area contributed by atoms with E-state index < -0.39 is 15.4 Å². The molecule has 4 nitrogen and oxygen atoms in total. The Morgan fingerprint density at radius 2 is 1.91 bits per heavy atom. The first-order valence-corrected chi connectivity index (χ1v) is 10.0. The van der Waals surface area contributed by atoms with E-state index in [-0.39, 0.29) is 22.7 Å². The molecule has 2 heterocycles. The standard InChI is InChI=1S/C15H19FN2O2S2/c1-14(11-4-2-3-5-12(11)16)15(10-21-13(17)18-14)6-8-22(19,20)9-7-15/h2-5H,6-10H2,1H3,(H2,17,18)/t14-/m1/s1. The van der Waals surface area contributed by atoms with E-state index in [1.54, 1.807) is 18.2 Å². The van der Waals surface area contributed by atoms with Crippen molar-refractivity contribution >= 4 is 26.8 Å². The fourth-order valence-corrected chi connectivity index (χ4v) is 6.33. The summed E-state index contributed by atoms with van der Waals surface area (Å²) in [6, 6.07) is 6.57. The third-order valence-electron chi connectivity index (χ3n) is 5.04. The van der Waals surface area contributed by atoms with Crippen LogP contribution in [0.1, 0.15) is 25.3 Å². The maximum absolute atomic E-state index is 14.4. The van der Waals surface area contributed by atoms with Gasteiger partial charge in [0, 0.05) is 16.7 Å². The number of nitrogens with two attached hydrogens (primary N) is 1. The van der Waals surface area contributed by atoms with Crippen molar-refractivity contribution in [2.45, 2.75) is 25.3 Å². The van der Waals surface area contributed by atoms with E-state index in [1.807, 2.05) is 6.92 Å². The van der Waals surface area contributed by atoms with Gasteiger partial charge in [0.15, 0.2) is 5.17 Å². The summed E-state index contributed by atoms with van der Waals surface area (Å²) in [6.07, 6.45) is 0.980. The van der Waals surface area contributed by atoms with Gasteiger partial charge in [-0.25, -0.2) is 12.8 Å². The lowest BCUT2D eigenvalue weighted by Crippen LogP contribution is -2.52. The van der Waals surface area contributed by atoms with Crippen LogP contribution in [0.3, 0.4) is 0 Å². The number of amidine groups is 1. The molecule has 1 aromatic rings. The molecule has 22 heavy (non-hydrogen) atoms. The van der Waals surface area contributed by atoms with E-state index in [2.05, 4.69) is 4.99 Å². The number of rotatable bonds is 1. The van der Waals surface area contributed by atoms with Crippen LogP contribution in [0.15, 0.2) is 29.3 Å². The molecule has 7 heteroatoms. The Morgan fingerprint density at radius 3 is 2.55 bits per heavy atom. The van der Waals surface area contributed by atoms with Crippen molar-refractivity contribution in [3.05, 3.63) is 35.6 Å². The van der Waals surface area contributed by atoms with Crippen LogP contribution in [0.2, 0.25) is 0 Å². The van der Waals surface area contributed by atoms with Crippen LogP contribution in [-0.2, 0) is 15.4 Å². The highest BCUT2D eigenvalue weighted by molar-refractivity contribution is 8.13. The molecule has 120 valence electrons. The fourth-order valence-electron chi connectivity index (χ4n) is 3.49. The van der Waals surface area contributed by atoms with Gasteiger partial charge in [0.05, 0.1) is 17.0 Å². The fraction of sp³-hybridized carbons (Fsp3) is 0.533. The summed E-state index contributed by atoms with van der Waals surface area (Å²) in [4.78, 5) is 4.59. The predicted molar refractivity (Wildman–Crippen MR) is 88.2 cm³/mol. The van der Waals surface area contributed by atoms with E-state index in [0.717, 1.165) is 0 Å². The molecule has 0 bridgehead atoms. The quantitative estimate of drug-likeness (QED) is 0.850. The summed E-state index contributed by atoms with van der Waals surface area (Å²) in [6.45, 7) is 1.88. The first-order valence-electron chi connectivity index (χ1n) is 7.22. The van der Waals surface area contributed by atoms with E-state index in [0.29, 0.717) is 29.3 Å². The number of nitrogens with zero attached hydrogens (tertiary/aromatic N) is 1. The normalized spacial score (nSPS) is 30.0. The van der Waals surface area contributed by atoms with Crippen LogP contribution in [0.4, 0.5) is 4.39 Å². The average molecular weight is 342 g/mol. The van der Waals surface area contributed by atoms with E-state index in [1.165, 1.54) is 17.8 Å². The monoisotopic (exact) mass is 342 g/mol. The highest BCUT2D eigenvalue weighted by Gasteiger charge is 2.54. The van der Waals surface area contributed by atoms with E-state index in [9.17, 15) is 12.8 Å². The van der Waals surface area contributed by atoms with Crippen LogP contribution >= 0.6 is 11.8 Å². The topological polar surface area (TPSA) is 72.5 Å². The van der Waals surface area contributed by atoms with Crippen molar-refractivity contribution in [1.29, 1.82) is 0 Å². The minimum atomic E-state index is -3.00. The molecular weight excluding hydrogens is 323 g/mol. The minimum Gasteiger partial charge on any atom is -0.379 e. The Balaban J connectivity index is 2.12. The lowest BCUT2D eigenvalue weighted by molar-refractivity contribution is 0.142. The lowest BCUT2D eigenvalue weighted by Gasteiger charge is -2.50. The van der Waals surface area contributed by atoms with Crippen molar-refractivity contribution in [2.75, 3.05) is 17.3 Å². The number of benzene rings is 1. The van der Waals surface area contributed by atoms with Gasteiger partial charge >= 0.3 is 0 Å². The third kappa shape index (κ3) is 2.44. The summed E-state index contributed by atoms with van der Waals surface area (Å²) in [7, 11) is -3.00. The minimum absolute atomic E-state index is 0.132. The molecule has 0 amide bonds. The Bertz CT molecular complexity index is 719. The molecule has 2 N–H and O–H groups in total. The SMILES string of the molecule is C[C@]1(c2ccccc2F)N=C(N)SCC12CCS(=O)(=O)CC2. The second-order valence-corrected chi connectivity index (χ2v) is 9.52. The number of sulfone groups is 1. The van der Waals surface area contributed by atoms with Gasteiger partial charge in [-0.1, -0.05) is 30.0 Å². The zero-order chi connectivity index (χ0) is 16.0. The van der Waals surface area contributed by atoms with Gasteiger partial charge in [0.2, 0.25) is 0 Å². The molecule has 2 aliphatic heterocycles. The smallest absolute Gasteiger partial charge is 0.154 e. The molecule has 1 aromatic carbocycles. The molecule has 1 atom stereocenters. The van der Waals surface area contributed by atoms with Crippen molar-refractivity contribution in [1.82, 2.24) is 0 Å². The summed E-state index contributed by atoms with van der Waals surface area (Å²) < 4.78 is 38.0. The molecule has 0 aliphatic carbocycles. The van der Waals surface area contributed by atoms with Crippen molar-refractivity contribution in [2.24, 2.45) is 16.1 Å². The van der Waals surface area contributed by atoms with Gasteiger partial charge in [-0.15, -0.1) is 0 Å². The zero-order valence-corrected chi connectivity index (χ0v) is 14.0. The molecule has 0 radical (unpaired) electrons.